The van der Waals surface area contributed by atoms with E-state index in [1.807, 2.05) is 0 Å². The van der Waals surface area contributed by atoms with Crippen molar-refractivity contribution in [3.05, 3.63) is 35.2 Å². The Balaban J connectivity index is 2.17. The lowest BCUT2D eigenvalue weighted by Crippen LogP contribution is -2.08. The van der Waals surface area contributed by atoms with Gasteiger partial charge < -0.3 is 5.73 Å². The summed E-state index contributed by atoms with van der Waals surface area (Å²) < 4.78 is 1.51. The van der Waals surface area contributed by atoms with E-state index in [0.717, 1.165) is 0 Å². The third-order valence-corrected chi connectivity index (χ3v) is 2.13. The number of rotatable bonds is 2. The van der Waals surface area contributed by atoms with Gasteiger partial charge in [0.2, 0.25) is 5.91 Å². The van der Waals surface area contributed by atoms with Crippen LogP contribution in [0.15, 0.2) is 24.5 Å². The van der Waals surface area contributed by atoms with Gasteiger partial charge in [0.1, 0.15) is 0 Å². The van der Waals surface area contributed by atoms with Crippen molar-refractivity contribution < 1.29 is 4.79 Å². The average Bonchev–Trinajstić information content (AvgIpc) is 2.78. The summed E-state index contributed by atoms with van der Waals surface area (Å²) in [7, 11) is 0. The van der Waals surface area contributed by atoms with Crippen LogP contribution in [-0.2, 0) is 4.79 Å². The molecule has 18 heavy (non-hydrogen) atoms. The minimum absolute atomic E-state index is 0.0198. The summed E-state index contributed by atoms with van der Waals surface area (Å²) in [5, 5.41) is 12.0. The van der Waals surface area contributed by atoms with Crippen molar-refractivity contribution >= 4 is 17.5 Å². The first-order chi connectivity index (χ1) is 8.65. The molecule has 0 unspecified atom stereocenters. The van der Waals surface area contributed by atoms with Gasteiger partial charge in [0, 0.05) is 6.20 Å². The average molecular weight is 262 g/mol. The molecule has 7 heteroatoms. The van der Waals surface area contributed by atoms with Gasteiger partial charge in [0.05, 0.1) is 18.2 Å². The Bertz CT molecular complexity index is 623. The fourth-order valence-electron chi connectivity index (χ4n) is 1.18. The Morgan fingerprint density at radius 3 is 2.94 bits per heavy atom. The molecule has 0 fully saturated rings. The number of halogens is 1. The molecule has 0 spiro atoms. The molecule has 90 valence electrons. The molecule has 1 amide bonds. The molecule has 0 aliphatic heterocycles. The van der Waals surface area contributed by atoms with Gasteiger partial charge in [-0.1, -0.05) is 23.4 Å². The fraction of sp³-hybridized carbons (Fsp3) is 0.0909. The van der Waals surface area contributed by atoms with Crippen LogP contribution in [0.25, 0.3) is 5.82 Å². The molecule has 0 radical (unpaired) electrons. The van der Waals surface area contributed by atoms with Crippen LogP contribution in [0.2, 0.25) is 5.15 Å². The number of aromatic nitrogens is 4. The first kappa shape index (κ1) is 12.1. The van der Waals surface area contributed by atoms with Gasteiger partial charge in [-0.3, -0.25) is 4.79 Å². The predicted octanol–water partition coefficient (Wildman–Crippen LogP) is 0.543. The van der Waals surface area contributed by atoms with Crippen molar-refractivity contribution in [2.75, 3.05) is 0 Å². The molecule has 6 nitrogen and oxygen atoms in total. The summed E-state index contributed by atoms with van der Waals surface area (Å²) in [5.41, 5.74) is 5.63. The standard InChI is InChI=1S/C11H8ClN5O/c12-9-4-5-11(16-15-9)17-7-8(6-14-17)2-1-3-10(13)18/h4-7H,3H2,(H2,13,18). The molecular formula is C11H8ClN5O. The largest absolute Gasteiger partial charge is 0.369 e. The van der Waals surface area contributed by atoms with E-state index in [2.05, 4.69) is 27.1 Å². The van der Waals surface area contributed by atoms with Crippen molar-refractivity contribution in [2.24, 2.45) is 5.73 Å². The molecule has 2 aromatic rings. The van der Waals surface area contributed by atoms with E-state index in [9.17, 15) is 4.79 Å². The van der Waals surface area contributed by atoms with Crippen LogP contribution in [0, 0.1) is 11.8 Å². The lowest BCUT2D eigenvalue weighted by molar-refractivity contribution is -0.117. The number of amides is 1. The SMILES string of the molecule is NC(=O)CC#Cc1cnn(-c2ccc(Cl)nn2)c1. The van der Waals surface area contributed by atoms with Gasteiger partial charge in [-0.2, -0.15) is 5.10 Å². The van der Waals surface area contributed by atoms with Crippen LogP contribution in [0.3, 0.4) is 0 Å². The highest BCUT2D eigenvalue weighted by Crippen LogP contribution is 2.07. The van der Waals surface area contributed by atoms with E-state index in [1.165, 1.54) is 4.68 Å². The van der Waals surface area contributed by atoms with Crippen LogP contribution >= 0.6 is 11.6 Å². The second-order valence-electron chi connectivity index (χ2n) is 3.33. The van der Waals surface area contributed by atoms with Crippen molar-refractivity contribution in [1.29, 1.82) is 0 Å². The second kappa shape index (κ2) is 5.29. The van der Waals surface area contributed by atoms with Gasteiger partial charge in [-0.25, -0.2) is 4.68 Å². The Hall–Kier alpha value is -2.39. The fourth-order valence-corrected chi connectivity index (χ4v) is 1.28. The normalized spacial score (nSPS) is 9.61. The number of primary amides is 1. The van der Waals surface area contributed by atoms with E-state index in [4.69, 9.17) is 17.3 Å². The van der Waals surface area contributed by atoms with Crippen molar-refractivity contribution in [3.63, 3.8) is 0 Å². The summed E-state index contributed by atoms with van der Waals surface area (Å²) in [6.07, 6.45) is 3.25. The number of nitrogens with zero attached hydrogens (tertiary/aromatic N) is 4. The molecule has 0 bridgehead atoms. The third kappa shape index (κ3) is 3.06. The summed E-state index contributed by atoms with van der Waals surface area (Å²) in [6, 6.07) is 3.30. The van der Waals surface area contributed by atoms with Crippen LogP contribution in [0.1, 0.15) is 12.0 Å². The lowest BCUT2D eigenvalue weighted by atomic mass is 10.3. The summed E-state index contributed by atoms with van der Waals surface area (Å²) in [4.78, 5) is 10.5. The van der Waals surface area contributed by atoms with Crippen LogP contribution in [0.5, 0.6) is 0 Å². The molecular weight excluding hydrogens is 254 g/mol. The highest BCUT2D eigenvalue weighted by Gasteiger charge is 2.01. The number of nitrogens with two attached hydrogens (primary N) is 1. The van der Waals surface area contributed by atoms with Crippen molar-refractivity contribution in [2.45, 2.75) is 6.42 Å². The smallest absolute Gasteiger partial charge is 0.229 e. The van der Waals surface area contributed by atoms with E-state index < -0.39 is 5.91 Å². The molecule has 0 aromatic carbocycles. The molecule has 0 saturated heterocycles. The molecule has 0 saturated carbocycles. The van der Waals surface area contributed by atoms with Crippen molar-refractivity contribution in [3.8, 4) is 17.7 Å². The van der Waals surface area contributed by atoms with Crippen LogP contribution < -0.4 is 5.73 Å². The van der Waals surface area contributed by atoms with Gasteiger partial charge >= 0.3 is 0 Å². The predicted molar refractivity (Wildman–Crippen MR) is 64.9 cm³/mol. The molecule has 0 aliphatic rings. The Kier molecular flexibility index (Phi) is 3.55. The number of carbonyl (C=O) groups is 1. The minimum atomic E-state index is -0.460. The van der Waals surface area contributed by atoms with Gasteiger partial charge in [0.25, 0.3) is 0 Å². The Labute approximate surface area is 108 Å². The maximum atomic E-state index is 10.5. The molecule has 0 atom stereocenters. The topological polar surface area (TPSA) is 86.7 Å². The number of hydrogen-bond acceptors (Lipinski definition) is 4. The van der Waals surface area contributed by atoms with E-state index in [-0.39, 0.29) is 6.42 Å². The molecule has 2 N–H and O–H groups in total. The van der Waals surface area contributed by atoms with Gasteiger partial charge in [0.15, 0.2) is 11.0 Å². The lowest BCUT2D eigenvalue weighted by Gasteiger charge is -1.96. The maximum Gasteiger partial charge on any atom is 0.229 e. The quantitative estimate of drug-likeness (QED) is 0.800. The van der Waals surface area contributed by atoms with Crippen LogP contribution in [-0.4, -0.2) is 25.9 Å². The third-order valence-electron chi connectivity index (χ3n) is 1.93. The van der Waals surface area contributed by atoms with Crippen LogP contribution in [0.4, 0.5) is 0 Å². The van der Waals surface area contributed by atoms with E-state index in [0.29, 0.717) is 16.5 Å². The van der Waals surface area contributed by atoms with E-state index >= 15 is 0 Å². The zero-order chi connectivity index (χ0) is 13.0. The molecule has 0 aliphatic carbocycles. The van der Waals surface area contributed by atoms with Gasteiger partial charge in [-0.15, -0.1) is 10.2 Å². The van der Waals surface area contributed by atoms with Crippen molar-refractivity contribution in [1.82, 2.24) is 20.0 Å². The zero-order valence-corrected chi connectivity index (χ0v) is 9.92. The van der Waals surface area contributed by atoms with Gasteiger partial charge in [-0.05, 0) is 12.1 Å². The number of hydrogen-bond donors (Lipinski definition) is 1. The summed E-state index contributed by atoms with van der Waals surface area (Å²) in [6.45, 7) is 0. The molecule has 2 aromatic heterocycles. The second-order valence-corrected chi connectivity index (χ2v) is 3.72. The zero-order valence-electron chi connectivity index (χ0n) is 9.17. The maximum absolute atomic E-state index is 10.5. The number of carbonyl (C=O) groups excluding carboxylic acids is 1. The minimum Gasteiger partial charge on any atom is -0.369 e. The van der Waals surface area contributed by atoms with E-state index in [1.54, 1.807) is 24.5 Å². The monoisotopic (exact) mass is 261 g/mol. The summed E-state index contributed by atoms with van der Waals surface area (Å²) >= 11 is 5.63. The Morgan fingerprint density at radius 1 is 1.44 bits per heavy atom. The molecule has 2 heterocycles. The first-order valence-corrected chi connectivity index (χ1v) is 5.34. The summed E-state index contributed by atoms with van der Waals surface area (Å²) in [5.74, 6) is 5.48. The first-order valence-electron chi connectivity index (χ1n) is 4.96. The highest BCUT2D eigenvalue weighted by atomic mass is 35.5. The highest BCUT2D eigenvalue weighted by molar-refractivity contribution is 6.29. The molecule has 2 rings (SSSR count). The Morgan fingerprint density at radius 2 is 2.28 bits per heavy atom.